The molecule has 0 bridgehead atoms. The summed E-state index contributed by atoms with van der Waals surface area (Å²) < 4.78 is 2.01. The number of hydrogen-bond acceptors (Lipinski definition) is 4. The third-order valence-electron chi connectivity index (χ3n) is 4.32. The Hall–Kier alpha value is -2.40. The van der Waals surface area contributed by atoms with Crippen molar-refractivity contribution in [3.05, 3.63) is 48.4 Å². The van der Waals surface area contributed by atoms with Crippen molar-refractivity contribution < 1.29 is 5.11 Å². The van der Waals surface area contributed by atoms with Crippen LogP contribution in [0.1, 0.15) is 18.2 Å². The molecule has 3 aromatic rings. The number of aromatic nitrogens is 3. The predicted molar refractivity (Wildman–Crippen MR) is 85.4 cm³/mol. The van der Waals surface area contributed by atoms with E-state index in [1.54, 1.807) is 12.3 Å². The Morgan fingerprint density at radius 3 is 2.82 bits per heavy atom. The van der Waals surface area contributed by atoms with Crippen LogP contribution in [0.4, 0.5) is 0 Å². The van der Waals surface area contributed by atoms with Crippen molar-refractivity contribution in [1.82, 2.24) is 19.4 Å². The smallest absolute Gasteiger partial charge is 0.164 e. The van der Waals surface area contributed by atoms with Crippen molar-refractivity contribution in [2.24, 2.45) is 0 Å². The first-order valence-corrected chi connectivity index (χ1v) is 7.54. The molecule has 1 aliphatic rings. The Morgan fingerprint density at radius 1 is 1.18 bits per heavy atom. The number of aromatic hydroxyl groups is 1. The second kappa shape index (κ2) is 5.10. The van der Waals surface area contributed by atoms with Gasteiger partial charge in [0.05, 0.1) is 5.69 Å². The van der Waals surface area contributed by atoms with Gasteiger partial charge >= 0.3 is 0 Å². The fourth-order valence-corrected chi connectivity index (χ4v) is 3.24. The van der Waals surface area contributed by atoms with E-state index in [4.69, 9.17) is 4.98 Å². The van der Waals surface area contributed by atoms with Gasteiger partial charge in [-0.1, -0.05) is 12.1 Å². The summed E-state index contributed by atoms with van der Waals surface area (Å²) in [5, 5.41) is 10.3. The van der Waals surface area contributed by atoms with Crippen molar-refractivity contribution in [3.8, 4) is 11.4 Å². The normalized spacial score (nSPS) is 19.0. The van der Waals surface area contributed by atoms with Gasteiger partial charge in [0.1, 0.15) is 17.1 Å². The molecule has 0 amide bonds. The molecule has 4 rings (SSSR count). The van der Waals surface area contributed by atoms with Gasteiger partial charge in [-0.2, -0.15) is 0 Å². The maximum absolute atomic E-state index is 10.3. The van der Waals surface area contributed by atoms with Crippen molar-refractivity contribution in [2.75, 3.05) is 20.1 Å². The zero-order valence-electron chi connectivity index (χ0n) is 12.5. The van der Waals surface area contributed by atoms with Crippen molar-refractivity contribution in [3.63, 3.8) is 0 Å². The van der Waals surface area contributed by atoms with E-state index in [-0.39, 0.29) is 5.75 Å². The summed E-state index contributed by atoms with van der Waals surface area (Å²) in [6.45, 7) is 2.05. The summed E-state index contributed by atoms with van der Waals surface area (Å²) in [5.41, 5.74) is 2.41. The standard InChI is InChI=1S/C17H18N4O/c1-20-10-8-12(11-20)16-19-13-5-4-9-18-17(13)21(16)14-6-2-3-7-15(14)22/h2-7,9,12,22H,8,10-11H2,1H3. The van der Waals surface area contributed by atoms with Gasteiger partial charge in [-0.3, -0.25) is 4.57 Å². The number of nitrogens with zero attached hydrogens (tertiary/aromatic N) is 4. The van der Waals surface area contributed by atoms with Gasteiger partial charge in [0.2, 0.25) is 0 Å². The summed E-state index contributed by atoms with van der Waals surface area (Å²) in [6, 6.07) is 11.2. The average molecular weight is 294 g/mol. The molecule has 1 aromatic carbocycles. The number of rotatable bonds is 2. The summed E-state index contributed by atoms with van der Waals surface area (Å²) in [5.74, 6) is 1.60. The highest BCUT2D eigenvalue weighted by molar-refractivity contribution is 5.75. The van der Waals surface area contributed by atoms with Crippen LogP contribution in [0.5, 0.6) is 5.75 Å². The molecule has 3 heterocycles. The van der Waals surface area contributed by atoms with E-state index in [2.05, 4.69) is 16.9 Å². The monoisotopic (exact) mass is 294 g/mol. The molecule has 5 heteroatoms. The third kappa shape index (κ3) is 2.05. The summed E-state index contributed by atoms with van der Waals surface area (Å²) >= 11 is 0. The molecule has 1 unspecified atom stereocenters. The first-order valence-electron chi connectivity index (χ1n) is 7.54. The minimum atomic E-state index is 0.250. The highest BCUT2D eigenvalue weighted by atomic mass is 16.3. The van der Waals surface area contributed by atoms with Crippen LogP contribution in [-0.2, 0) is 0 Å². The van der Waals surface area contributed by atoms with Gasteiger partial charge < -0.3 is 10.0 Å². The Morgan fingerprint density at radius 2 is 2.05 bits per heavy atom. The highest BCUT2D eigenvalue weighted by Gasteiger charge is 2.28. The summed E-state index contributed by atoms with van der Waals surface area (Å²) in [6.07, 6.45) is 2.85. The minimum absolute atomic E-state index is 0.250. The molecule has 112 valence electrons. The fraction of sp³-hybridized carbons (Fsp3) is 0.294. The number of phenols is 1. The molecular formula is C17H18N4O. The van der Waals surface area contributed by atoms with E-state index < -0.39 is 0 Å². The Balaban J connectivity index is 1.96. The number of para-hydroxylation sites is 2. The van der Waals surface area contributed by atoms with Crippen molar-refractivity contribution >= 4 is 11.2 Å². The maximum Gasteiger partial charge on any atom is 0.164 e. The van der Waals surface area contributed by atoms with Crippen LogP contribution in [0.2, 0.25) is 0 Å². The van der Waals surface area contributed by atoms with Gasteiger partial charge in [-0.05, 0) is 44.3 Å². The average Bonchev–Trinajstić information content (AvgIpc) is 3.11. The van der Waals surface area contributed by atoms with Crippen LogP contribution < -0.4 is 0 Å². The van der Waals surface area contributed by atoms with E-state index in [0.29, 0.717) is 5.92 Å². The molecule has 1 atom stereocenters. The maximum atomic E-state index is 10.3. The van der Waals surface area contributed by atoms with E-state index in [0.717, 1.165) is 42.2 Å². The Labute approximate surface area is 128 Å². The lowest BCUT2D eigenvalue weighted by Gasteiger charge is -2.14. The summed E-state index contributed by atoms with van der Waals surface area (Å²) in [7, 11) is 2.13. The molecule has 1 N–H and O–H groups in total. The van der Waals surface area contributed by atoms with Gasteiger partial charge in [-0.15, -0.1) is 0 Å². The summed E-state index contributed by atoms with van der Waals surface area (Å²) in [4.78, 5) is 11.6. The van der Waals surface area contributed by atoms with Crippen LogP contribution in [0.3, 0.4) is 0 Å². The molecule has 1 fully saturated rings. The second-order valence-corrected chi connectivity index (χ2v) is 5.89. The topological polar surface area (TPSA) is 54.2 Å². The molecule has 5 nitrogen and oxygen atoms in total. The largest absolute Gasteiger partial charge is 0.506 e. The third-order valence-corrected chi connectivity index (χ3v) is 4.32. The van der Waals surface area contributed by atoms with Crippen LogP contribution >= 0.6 is 0 Å². The number of benzene rings is 1. The first-order chi connectivity index (χ1) is 10.7. The van der Waals surface area contributed by atoms with Gasteiger partial charge in [-0.25, -0.2) is 9.97 Å². The van der Waals surface area contributed by atoms with Crippen LogP contribution in [0.15, 0.2) is 42.6 Å². The number of hydrogen-bond donors (Lipinski definition) is 1. The quantitative estimate of drug-likeness (QED) is 0.789. The fourth-order valence-electron chi connectivity index (χ4n) is 3.24. The lowest BCUT2D eigenvalue weighted by atomic mass is 10.1. The molecule has 1 saturated heterocycles. The van der Waals surface area contributed by atoms with E-state index in [1.807, 2.05) is 34.9 Å². The number of pyridine rings is 1. The zero-order chi connectivity index (χ0) is 15.1. The van der Waals surface area contributed by atoms with E-state index >= 15 is 0 Å². The molecule has 0 spiro atoms. The minimum Gasteiger partial charge on any atom is -0.506 e. The van der Waals surface area contributed by atoms with Crippen LogP contribution in [0.25, 0.3) is 16.9 Å². The van der Waals surface area contributed by atoms with Gasteiger partial charge in [0.25, 0.3) is 0 Å². The lowest BCUT2D eigenvalue weighted by Crippen LogP contribution is -2.15. The first kappa shape index (κ1) is 13.3. The number of likely N-dealkylation sites (N-methyl/N-ethyl adjacent to an activating group) is 1. The molecule has 0 saturated carbocycles. The molecule has 1 aliphatic heterocycles. The number of phenolic OH excluding ortho intramolecular Hbond substituents is 1. The molecule has 0 radical (unpaired) electrons. The second-order valence-electron chi connectivity index (χ2n) is 5.89. The molecular weight excluding hydrogens is 276 g/mol. The van der Waals surface area contributed by atoms with Crippen LogP contribution in [0, 0.1) is 0 Å². The number of imidazole rings is 1. The van der Waals surface area contributed by atoms with Crippen molar-refractivity contribution in [2.45, 2.75) is 12.3 Å². The van der Waals surface area contributed by atoms with E-state index in [9.17, 15) is 5.11 Å². The van der Waals surface area contributed by atoms with Gasteiger partial charge in [0.15, 0.2) is 5.65 Å². The van der Waals surface area contributed by atoms with Crippen LogP contribution in [-0.4, -0.2) is 44.7 Å². The zero-order valence-corrected chi connectivity index (χ0v) is 12.5. The molecule has 22 heavy (non-hydrogen) atoms. The number of fused-ring (bicyclic) bond motifs is 1. The van der Waals surface area contributed by atoms with Gasteiger partial charge in [0, 0.05) is 18.7 Å². The SMILES string of the molecule is CN1CCC(c2nc3cccnc3n2-c2ccccc2O)C1. The lowest BCUT2D eigenvalue weighted by molar-refractivity contribution is 0.409. The van der Waals surface area contributed by atoms with E-state index in [1.165, 1.54) is 0 Å². The Bertz CT molecular complexity index is 826. The number of likely N-dealkylation sites (tertiary alicyclic amines) is 1. The highest BCUT2D eigenvalue weighted by Crippen LogP contribution is 2.33. The molecule has 0 aliphatic carbocycles. The molecule has 2 aromatic heterocycles. The Kier molecular flexibility index (Phi) is 3.08. The van der Waals surface area contributed by atoms with Crippen molar-refractivity contribution in [1.29, 1.82) is 0 Å². The predicted octanol–water partition coefficient (Wildman–Crippen LogP) is 2.55.